The number of piperidine rings is 1. The number of fused-ring (bicyclic) bond motifs is 1. The molecule has 0 spiro atoms. The number of hydrogen-bond acceptors (Lipinski definition) is 5. The molecule has 2 heterocycles. The largest absolute Gasteiger partial charge is 0.452 e. The molecule has 3 rings (SSSR count). The molecule has 1 saturated carbocycles. The van der Waals surface area contributed by atoms with Crippen molar-refractivity contribution >= 4 is 34.1 Å². The fourth-order valence-electron chi connectivity index (χ4n) is 4.24. The van der Waals surface area contributed by atoms with Crippen LogP contribution in [0.2, 0.25) is 0 Å². The van der Waals surface area contributed by atoms with Gasteiger partial charge in [0.05, 0.1) is 5.56 Å². The van der Waals surface area contributed by atoms with Crippen LogP contribution in [-0.2, 0) is 14.3 Å². The van der Waals surface area contributed by atoms with Crippen LogP contribution in [0.1, 0.15) is 59.8 Å². The molecular weight excluding hydrogens is 364 g/mol. The van der Waals surface area contributed by atoms with Crippen molar-refractivity contribution in [3.05, 3.63) is 16.0 Å². The number of rotatable bonds is 4. The third kappa shape index (κ3) is 4.51. The Kier molecular flexibility index (Phi) is 6.19. The highest BCUT2D eigenvalue weighted by Crippen LogP contribution is 2.36. The van der Waals surface area contributed by atoms with E-state index >= 15 is 0 Å². The number of nitrogens with zero attached hydrogens (tertiary/aromatic N) is 1. The summed E-state index contributed by atoms with van der Waals surface area (Å²) in [6.07, 6.45) is 6.09. The number of thiophene rings is 1. The standard InChI is InChI=1S/C20H28N2O4S/c1-12-13(2)27-19(21-14(3)23)18(12)20(25)26-11-17(24)22-9-8-15-6-4-5-7-16(15)10-22/h15-16H,4-11H2,1-3H3,(H,21,23)/t15-,16-/m0/s1. The summed E-state index contributed by atoms with van der Waals surface area (Å²) in [6.45, 7) is 6.41. The molecule has 2 atom stereocenters. The lowest BCUT2D eigenvalue weighted by molar-refractivity contribution is -0.137. The number of hydrogen-bond donors (Lipinski definition) is 1. The number of esters is 1. The smallest absolute Gasteiger partial charge is 0.341 e. The number of carbonyl (C=O) groups excluding carboxylic acids is 3. The second-order valence-electron chi connectivity index (χ2n) is 7.68. The first kappa shape index (κ1) is 19.9. The zero-order chi connectivity index (χ0) is 19.6. The molecule has 6 nitrogen and oxygen atoms in total. The second kappa shape index (κ2) is 8.42. The van der Waals surface area contributed by atoms with Gasteiger partial charge in [-0.05, 0) is 44.1 Å². The van der Waals surface area contributed by atoms with Gasteiger partial charge in [-0.15, -0.1) is 11.3 Å². The van der Waals surface area contributed by atoms with Crippen molar-refractivity contribution < 1.29 is 19.1 Å². The lowest BCUT2D eigenvalue weighted by Gasteiger charge is -2.41. The Morgan fingerprint density at radius 3 is 2.56 bits per heavy atom. The Morgan fingerprint density at radius 1 is 1.15 bits per heavy atom. The normalized spacial score (nSPS) is 22.1. The molecule has 1 N–H and O–H groups in total. The SMILES string of the molecule is CC(=O)Nc1sc(C)c(C)c1C(=O)OCC(=O)N1CC[C@@H]2CCCC[C@H]2C1. The van der Waals surface area contributed by atoms with Crippen molar-refractivity contribution in [2.45, 2.75) is 52.9 Å². The first-order chi connectivity index (χ1) is 12.9. The van der Waals surface area contributed by atoms with E-state index in [1.165, 1.54) is 43.9 Å². The minimum Gasteiger partial charge on any atom is -0.452 e. The van der Waals surface area contributed by atoms with Crippen LogP contribution in [0, 0.1) is 25.7 Å². The number of nitrogens with one attached hydrogen (secondary N) is 1. The lowest BCUT2D eigenvalue weighted by atomic mass is 9.75. The summed E-state index contributed by atoms with van der Waals surface area (Å²) >= 11 is 1.34. The first-order valence-corrected chi connectivity index (χ1v) is 10.5. The van der Waals surface area contributed by atoms with Gasteiger partial charge in [0.1, 0.15) is 5.00 Å². The molecular formula is C20H28N2O4S. The Bertz CT molecular complexity index is 743. The van der Waals surface area contributed by atoms with Gasteiger partial charge < -0.3 is 15.0 Å². The van der Waals surface area contributed by atoms with Crippen LogP contribution < -0.4 is 5.32 Å². The third-order valence-corrected chi connectivity index (χ3v) is 6.97. The molecule has 1 aliphatic heterocycles. The van der Waals surface area contributed by atoms with Crippen LogP contribution in [0.15, 0.2) is 0 Å². The molecule has 2 amide bonds. The molecule has 2 fully saturated rings. The number of anilines is 1. The fraction of sp³-hybridized carbons (Fsp3) is 0.650. The summed E-state index contributed by atoms with van der Waals surface area (Å²) in [5, 5.41) is 3.17. The van der Waals surface area contributed by atoms with Crippen LogP contribution in [-0.4, -0.2) is 42.4 Å². The van der Waals surface area contributed by atoms with Crippen molar-refractivity contribution in [2.75, 3.05) is 25.0 Å². The van der Waals surface area contributed by atoms with E-state index in [2.05, 4.69) is 5.32 Å². The predicted molar refractivity (Wildman–Crippen MR) is 105 cm³/mol. The molecule has 0 bridgehead atoms. The molecule has 1 aromatic rings. The Balaban J connectivity index is 1.59. The number of amides is 2. The van der Waals surface area contributed by atoms with Gasteiger partial charge in [0.25, 0.3) is 5.91 Å². The Hall–Kier alpha value is -1.89. The maximum atomic E-state index is 12.6. The molecule has 7 heteroatoms. The van der Waals surface area contributed by atoms with Crippen LogP contribution >= 0.6 is 11.3 Å². The van der Waals surface area contributed by atoms with Gasteiger partial charge in [-0.3, -0.25) is 9.59 Å². The summed E-state index contributed by atoms with van der Waals surface area (Å²) < 4.78 is 5.32. The second-order valence-corrected chi connectivity index (χ2v) is 8.90. The number of aryl methyl sites for hydroxylation is 1. The highest BCUT2D eigenvalue weighted by Gasteiger charge is 2.33. The highest BCUT2D eigenvalue weighted by molar-refractivity contribution is 7.16. The molecule has 1 aromatic heterocycles. The van der Waals surface area contributed by atoms with E-state index in [1.54, 1.807) is 0 Å². The van der Waals surface area contributed by atoms with Gasteiger partial charge in [-0.25, -0.2) is 4.79 Å². The van der Waals surface area contributed by atoms with Crippen LogP contribution in [0.25, 0.3) is 0 Å². The van der Waals surface area contributed by atoms with Crippen LogP contribution in [0.5, 0.6) is 0 Å². The third-order valence-electron chi connectivity index (χ3n) is 5.85. The number of likely N-dealkylation sites (tertiary alicyclic amines) is 1. The van der Waals surface area contributed by atoms with E-state index in [1.807, 2.05) is 18.7 Å². The Morgan fingerprint density at radius 2 is 1.85 bits per heavy atom. The number of carbonyl (C=O) groups is 3. The minimum absolute atomic E-state index is 0.127. The van der Waals surface area contributed by atoms with Crippen molar-refractivity contribution in [1.29, 1.82) is 0 Å². The molecule has 0 radical (unpaired) electrons. The van der Waals surface area contributed by atoms with Gasteiger partial charge in [-0.2, -0.15) is 0 Å². The van der Waals surface area contributed by atoms with Gasteiger partial charge in [-0.1, -0.05) is 19.3 Å². The fourth-order valence-corrected chi connectivity index (χ4v) is 5.33. The average Bonchev–Trinajstić information content (AvgIpc) is 2.92. The van der Waals surface area contributed by atoms with Crippen LogP contribution in [0.4, 0.5) is 5.00 Å². The van der Waals surface area contributed by atoms with E-state index in [-0.39, 0.29) is 18.4 Å². The zero-order valence-corrected chi connectivity index (χ0v) is 17.1. The molecule has 0 unspecified atom stereocenters. The molecule has 1 saturated heterocycles. The maximum absolute atomic E-state index is 12.6. The quantitative estimate of drug-likeness (QED) is 0.796. The summed E-state index contributed by atoms with van der Waals surface area (Å²) in [4.78, 5) is 39.3. The maximum Gasteiger partial charge on any atom is 0.341 e. The molecule has 0 aromatic carbocycles. The highest BCUT2D eigenvalue weighted by atomic mass is 32.1. The summed E-state index contributed by atoms with van der Waals surface area (Å²) in [6, 6.07) is 0. The van der Waals surface area contributed by atoms with Crippen molar-refractivity contribution in [3.63, 3.8) is 0 Å². The van der Waals surface area contributed by atoms with Gasteiger partial charge in [0.15, 0.2) is 6.61 Å². The van der Waals surface area contributed by atoms with E-state index in [4.69, 9.17) is 4.74 Å². The van der Waals surface area contributed by atoms with E-state index in [0.717, 1.165) is 35.9 Å². The summed E-state index contributed by atoms with van der Waals surface area (Å²) in [5.41, 5.74) is 1.13. The predicted octanol–water partition coefficient (Wildman–Crippen LogP) is 3.52. The molecule has 1 aliphatic carbocycles. The number of ether oxygens (including phenoxy) is 1. The lowest BCUT2D eigenvalue weighted by Crippen LogP contribution is -2.46. The molecule has 27 heavy (non-hydrogen) atoms. The minimum atomic E-state index is -0.554. The van der Waals surface area contributed by atoms with E-state index in [0.29, 0.717) is 16.5 Å². The van der Waals surface area contributed by atoms with Crippen LogP contribution in [0.3, 0.4) is 0 Å². The van der Waals surface area contributed by atoms with Gasteiger partial charge >= 0.3 is 5.97 Å². The summed E-state index contributed by atoms with van der Waals surface area (Å²) in [7, 11) is 0. The van der Waals surface area contributed by atoms with E-state index < -0.39 is 5.97 Å². The summed E-state index contributed by atoms with van der Waals surface area (Å²) in [5.74, 6) is 0.429. The average molecular weight is 393 g/mol. The van der Waals surface area contributed by atoms with E-state index in [9.17, 15) is 14.4 Å². The topological polar surface area (TPSA) is 75.7 Å². The Labute approximate surface area is 164 Å². The van der Waals surface area contributed by atoms with Crippen molar-refractivity contribution in [3.8, 4) is 0 Å². The van der Waals surface area contributed by atoms with Crippen molar-refractivity contribution in [1.82, 2.24) is 4.90 Å². The zero-order valence-electron chi connectivity index (χ0n) is 16.3. The first-order valence-electron chi connectivity index (χ1n) is 9.69. The molecule has 148 valence electrons. The van der Waals surface area contributed by atoms with Crippen molar-refractivity contribution in [2.24, 2.45) is 11.8 Å². The van der Waals surface area contributed by atoms with Gasteiger partial charge in [0, 0.05) is 24.9 Å². The molecule has 2 aliphatic rings. The van der Waals surface area contributed by atoms with Gasteiger partial charge in [0.2, 0.25) is 5.91 Å². The monoisotopic (exact) mass is 392 g/mol.